The molecule has 2 aromatic rings. The van der Waals surface area contributed by atoms with Crippen LogP contribution in [0.3, 0.4) is 0 Å². The van der Waals surface area contributed by atoms with Gasteiger partial charge < -0.3 is 15.4 Å². The summed E-state index contributed by atoms with van der Waals surface area (Å²) in [6.07, 6.45) is 0. The number of hydrogen-bond acceptors (Lipinski definition) is 4. The molecule has 8 heteroatoms. The summed E-state index contributed by atoms with van der Waals surface area (Å²) in [5, 5.41) is 4.71. The van der Waals surface area contributed by atoms with Crippen molar-refractivity contribution in [2.24, 2.45) is 0 Å². The van der Waals surface area contributed by atoms with Crippen molar-refractivity contribution in [3.63, 3.8) is 0 Å². The van der Waals surface area contributed by atoms with E-state index in [1.54, 1.807) is 12.1 Å². The fraction of sp³-hybridized carbons (Fsp3) is 0.211. The molecule has 2 rings (SSSR count). The van der Waals surface area contributed by atoms with Gasteiger partial charge in [0.1, 0.15) is 12.4 Å². The Bertz CT molecular complexity index is 866. The second kappa shape index (κ2) is 9.14. The largest absolute Gasteiger partial charge is 0.454 e. The third-order valence-corrected chi connectivity index (χ3v) is 3.73. The normalized spacial score (nSPS) is 10.2. The Morgan fingerprint density at radius 2 is 1.74 bits per heavy atom. The standard InChI is InChI=1S/C19H18ClFN2O4/c1-11-5-12(2)7-13(6-11)19(26)22-9-18(25)27-10-17(24)23-14-3-4-16(21)15(20)8-14/h3-8H,9-10H2,1-2H3,(H,22,26)(H,23,24). The molecular formula is C19H18ClFN2O4. The van der Waals surface area contributed by atoms with Gasteiger partial charge in [0.05, 0.1) is 5.02 Å². The van der Waals surface area contributed by atoms with Crippen molar-refractivity contribution in [3.8, 4) is 0 Å². The fourth-order valence-corrected chi connectivity index (χ4v) is 2.51. The second-order valence-electron chi connectivity index (χ2n) is 5.90. The van der Waals surface area contributed by atoms with Gasteiger partial charge in [-0.25, -0.2) is 4.39 Å². The predicted octanol–water partition coefficient (Wildman–Crippen LogP) is 3.01. The molecule has 0 fully saturated rings. The number of anilines is 1. The van der Waals surface area contributed by atoms with Crippen LogP contribution in [0, 0.1) is 19.7 Å². The molecule has 0 saturated carbocycles. The Morgan fingerprint density at radius 1 is 1.07 bits per heavy atom. The lowest BCUT2D eigenvalue weighted by Crippen LogP contribution is -2.32. The van der Waals surface area contributed by atoms with Crippen LogP contribution in [0.5, 0.6) is 0 Å². The number of carbonyl (C=O) groups excluding carboxylic acids is 3. The summed E-state index contributed by atoms with van der Waals surface area (Å²) in [4.78, 5) is 35.5. The van der Waals surface area contributed by atoms with E-state index in [1.165, 1.54) is 12.1 Å². The quantitative estimate of drug-likeness (QED) is 0.740. The number of aryl methyl sites for hydroxylation is 2. The van der Waals surface area contributed by atoms with Crippen LogP contribution >= 0.6 is 11.6 Å². The van der Waals surface area contributed by atoms with Gasteiger partial charge in [0, 0.05) is 11.3 Å². The third kappa shape index (κ3) is 6.38. The summed E-state index contributed by atoms with van der Waals surface area (Å²) >= 11 is 5.61. The maximum Gasteiger partial charge on any atom is 0.325 e. The zero-order valence-electron chi connectivity index (χ0n) is 14.8. The minimum atomic E-state index is -0.764. The number of benzene rings is 2. The fourth-order valence-electron chi connectivity index (χ4n) is 2.33. The first-order valence-electron chi connectivity index (χ1n) is 8.01. The van der Waals surface area contributed by atoms with Crippen LogP contribution in [0.1, 0.15) is 21.5 Å². The molecule has 0 aliphatic heterocycles. The van der Waals surface area contributed by atoms with E-state index in [9.17, 15) is 18.8 Å². The maximum absolute atomic E-state index is 13.1. The predicted molar refractivity (Wildman–Crippen MR) is 99.2 cm³/mol. The Kier molecular flexibility index (Phi) is 6.90. The summed E-state index contributed by atoms with van der Waals surface area (Å²) in [7, 11) is 0. The highest BCUT2D eigenvalue weighted by Gasteiger charge is 2.12. The van der Waals surface area contributed by atoms with Gasteiger partial charge in [0.2, 0.25) is 0 Å². The molecule has 0 aromatic heterocycles. The number of rotatable bonds is 6. The van der Waals surface area contributed by atoms with Crippen molar-refractivity contribution < 1.29 is 23.5 Å². The van der Waals surface area contributed by atoms with Crippen LogP contribution in [-0.2, 0) is 14.3 Å². The summed E-state index contributed by atoms with van der Waals surface area (Å²) in [6, 6.07) is 9.00. The van der Waals surface area contributed by atoms with E-state index < -0.39 is 30.2 Å². The SMILES string of the molecule is Cc1cc(C)cc(C(=O)NCC(=O)OCC(=O)Nc2ccc(F)c(Cl)c2)c1. The van der Waals surface area contributed by atoms with Gasteiger partial charge in [-0.1, -0.05) is 28.8 Å². The molecule has 0 saturated heterocycles. The molecule has 2 N–H and O–H groups in total. The highest BCUT2D eigenvalue weighted by molar-refractivity contribution is 6.31. The molecule has 0 bridgehead atoms. The van der Waals surface area contributed by atoms with E-state index in [2.05, 4.69) is 10.6 Å². The molecule has 0 aliphatic carbocycles. The molecule has 0 aliphatic rings. The van der Waals surface area contributed by atoms with Gasteiger partial charge in [-0.2, -0.15) is 0 Å². The Morgan fingerprint density at radius 3 is 2.37 bits per heavy atom. The minimum Gasteiger partial charge on any atom is -0.454 e. The number of ether oxygens (including phenoxy) is 1. The topological polar surface area (TPSA) is 84.5 Å². The van der Waals surface area contributed by atoms with E-state index in [1.807, 2.05) is 19.9 Å². The van der Waals surface area contributed by atoms with Crippen LogP contribution in [0.4, 0.5) is 10.1 Å². The van der Waals surface area contributed by atoms with Gasteiger partial charge in [-0.3, -0.25) is 14.4 Å². The molecule has 6 nitrogen and oxygen atoms in total. The first-order valence-corrected chi connectivity index (χ1v) is 8.39. The molecule has 142 valence electrons. The molecule has 2 aromatic carbocycles. The zero-order valence-corrected chi connectivity index (χ0v) is 15.5. The zero-order chi connectivity index (χ0) is 20.0. The van der Waals surface area contributed by atoms with E-state index >= 15 is 0 Å². The number of hydrogen-bond donors (Lipinski definition) is 2. The van der Waals surface area contributed by atoms with Crippen LogP contribution < -0.4 is 10.6 Å². The van der Waals surface area contributed by atoms with Gasteiger partial charge in [-0.05, 0) is 44.2 Å². The highest BCUT2D eigenvalue weighted by Crippen LogP contribution is 2.19. The molecule has 0 atom stereocenters. The van der Waals surface area contributed by atoms with Crippen LogP contribution in [0.25, 0.3) is 0 Å². The first-order chi connectivity index (χ1) is 12.7. The number of esters is 1. The van der Waals surface area contributed by atoms with Gasteiger partial charge in [0.25, 0.3) is 11.8 Å². The smallest absolute Gasteiger partial charge is 0.325 e. The van der Waals surface area contributed by atoms with Crippen LogP contribution in [-0.4, -0.2) is 30.9 Å². The average Bonchev–Trinajstić information content (AvgIpc) is 2.60. The maximum atomic E-state index is 13.1. The Hall–Kier alpha value is -2.93. The van der Waals surface area contributed by atoms with Crippen molar-refractivity contribution >= 4 is 35.1 Å². The summed E-state index contributed by atoms with van der Waals surface area (Å²) in [5.41, 5.74) is 2.57. The van der Waals surface area contributed by atoms with Crippen molar-refractivity contribution in [3.05, 3.63) is 63.9 Å². The van der Waals surface area contributed by atoms with Crippen molar-refractivity contribution in [1.29, 1.82) is 0 Å². The second-order valence-corrected chi connectivity index (χ2v) is 6.30. The van der Waals surface area contributed by atoms with Crippen molar-refractivity contribution in [1.82, 2.24) is 5.32 Å². The monoisotopic (exact) mass is 392 g/mol. The highest BCUT2D eigenvalue weighted by atomic mass is 35.5. The Balaban J connectivity index is 1.77. The molecule has 0 unspecified atom stereocenters. The average molecular weight is 393 g/mol. The van der Waals surface area contributed by atoms with Gasteiger partial charge in [-0.15, -0.1) is 0 Å². The molecule has 0 radical (unpaired) electrons. The number of nitrogens with one attached hydrogen (secondary N) is 2. The first kappa shape index (κ1) is 20.4. The lowest BCUT2D eigenvalue weighted by molar-refractivity contribution is -0.146. The van der Waals surface area contributed by atoms with E-state index in [0.29, 0.717) is 5.56 Å². The Labute approximate surface area is 160 Å². The molecule has 27 heavy (non-hydrogen) atoms. The molecule has 0 spiro atoms. The lowest BCUT2D eigenvalue weighted by atomic mass is 10.1. The third-order valence-electron chi connectivity index (χ3n) is 3.44. The van der Waals surface area contributed by atoms with Gasteiger partial charge in [0.15, 0.2) is 6.61 Å². The van der Waals surface area contributed by atoms with Crippen LogP contribution in [0.15, 0.2) is 36.4 Å². The molecule has 0 heterocycles. The summed E-state index contributed by atoms with van der Waals surface area (Å²) < 4.78 is 17.8. The molecular weight excluding hydrogens is 375 g/mol. The number of amides is 2. The lowest BCUT2D eigenvalue weighted by Gasteiger charge is -2.09. The number of carbonyl (C=O) groups is 3. The van der Waals surface area contributed by atoms with E-state index in [4.69, 9.17) is 16.3 Å². The summed E-state index contributed by atoms with van der Waals surface area (Å²) in [5.74, 6) is -2.41. The summed E-state index contributed by atoms with van der Waals surface area (Å²) in [6.45, 7) is 2.81. The van der Waals surface area contributed by atoms with Crippen LogP contribution in [0.2, 0.25) is 5.02 Å². The van der Waals surface area contributed by atoms with Crippen molar-refractivity contribution in [2.75, 3.05) is 18.5 Å². The van der Waals surface area contributed by atoms with E-state index in [-0.39, 0.29) is 17.3 Å². The molecule has 2 amide bonds. The minimum absolute atomic E-state index is 0.140. The van der Waals surface area contributed by atoms with Crippen molar-refractivity contribution in [2.45, 2.75) is 13.8 Å². The number of halogens is 2. The van der Waals surface area contributed by atoms with Gasteiger partial charge >= 0.3 is 5.97 Å². The van der Waals surface area contributed by atoms with E-state index in [0.717, 1.165) is 17.2 Å².